The third-order valence-electron chi connectivity index (χ3n) is 5.89. The van der Waals surface area contributed by atoms with E-state index >= 15 is 0 Å². The van der Waals surface area contributed by atoms with E-state index in [2.05, 4.69) is 65.6 Å². The Morgan fingerprint density at radius 2 is 1.89 bits per heavy atom. The maximum Gasteiger partial charge on any atom is 0.238 e. The number of aromatic amines is 1. The zero-order chi connectivity index (χ0) is 18.8. The van der Waals surface area contributed by atoms with Gasteiger partial charge in [0.15, 0.2) is 0 Å². The fourth-order valence-corrected chi connectivity index (χ4v) is 4.11. The number of carbonyl (C=O) groups is 1. The van der Waals surface area contributed by atoms with Crippen LogP contribution in [0.2, 0.25) is 0 Å². The van der Waals surface area contributed by atoms with E-state index < -0.39 is 0 Å². The Morgan fingerprint density at radius 3 is 2.70 bits per heavy atom. The van der Waals surface area contributed by atoms with Crippen LogP contribution in [-0.2, 0) is 4.79 Å². The first kappa shape index (κ1) is 17.8. The zero-order valence-electron chi connectivity index (χ0n) is 16.1. The summed E-state index contributed by atoms with van der Waals surface area (Å²) < 4.78 is 0. The van der Waals surface area contributed by atoms with Crippen molar-refractivity contribution in [3.63, 3.8) is 0 Å². The number of nitrogens with zero attached hydrogens (tertiary/aromatic N) is 1. The minimum Gasteiger partial charge on any atom is -0.361 e. The SMILES string of the molecule is Cc1cccc(NC(=O)CN2CCC(c3c[nH]c4ccccc34)CC2)c1C. The number of aryl methyl sites for hydroxylation is 1. The molecule has 1 fully saturated rings. The van der Waals surface area contributed by atoms with Crippen molar-refractivity contribution in [3.8, 4) is 0 Å². The highest BCUT2D eigenvalue weighted by Crippen LogP contribution is 2.33. The van der Waals surface area contributed by atoms with Crippen LogP contribution >= 0.6 is 0 Å². The summed E-state index contributed by atoms with van der Waals surface area (Å²) in [6, 6.07) is 14.5. The number of H-pyrrole nitrogens is 1. The maximum absolute atomic E-state index is 12.5. The van der Waals surface area contributed by atoms with E-state index in [1.54, 1.807) is 0 Å². The highest BCUT2D eigenvalue weighted by molar-refractivity contribution is 5.93. The van der Waals surface area contributed by atoms with Crippen LogP contribution in [0, 0.1) is 13.8 Å². The first-order valence-corrected chi connectivity index (χ1v) is 9.76. The lowest BCUT2D eigenvalue weighted by Crippen LogP contribution is -2.38. The molecule has 27 heavy (non-hydrogen) atoms. The van der Waals surface area contributed by atoms with Crippen LogP contribution < -0.4 is 5.32 Å². The lowest BCUT2D eigenvalue weighted by molar-refractivity contribution is -0.117. The molecule has 2 aromatic carbocycles. The van der Waals surface area contributed by atoms with Gasteiger partial charge in [0, 0.05) is 22.8 Å². The summed E-state index contributed by atoms with van der Waals surface area (Å²) in [5.74, 6) is 0.647. The van der Waals surface area contributed by atoms with E-state index in [0.29, 0.717) is 12.5 Å². The van der Waals surface area contributed by atoms with Crippen LogP contribution in [0.25, 0.3) is 10.9 Å². The van der Waals surface area contributed by atoms with Gasteiger partial charge in [-0.15, -0.1) is 0 Å². The van der Waals surface area contributed by atoms with E-state index in [9.17, 15) is 4.79 Å². The largest absolute Gasteiger partial charge is 0.361 e. The van der Waals surface area contributed by atoms with Crippen LogP contribution in [0.1, 0.15) is 35.4 Å². The van der Waals surface area contributed by atoms with Crippen molar-refractivity contribution in [1.29, 1.82) is 0 Å². The number of rotatable bonds is 4. The Kier molecular flexibility index (Phi) is 4.99. The highest BCUT2D eigenvalue weighted by Gasteiger charge is 2.24. The van der Waals surface area contributed by atoms with Gasteiger partial charge in [0.05, 0.1) is 6.54 Å². The van der Waals surface area contributed by atoms with Crippen molar-refractivity contribution in [2.24, 2.45) is 0 Å². The average Bonchev–Trinajstić information content (AvgIpc) is 3.10. The summed E-state index contributed by atoms with van der Waals surface area (Å²) in [4.78, 5) is 18.1. The molecule has 4 rings (SSSR count). The van der Waals surface area contributed by atoms with Crippen LogP contribution in [0.15, 0.2) is 48.7 Å². The minimum atomic E-state index is 0.0780. The summed E-state index contributed by atoms with van der Waals surface area (Å²) in [5.41, 5.74) is 5.90. The molecule has 0 spiro atoms. The van der Waals surface area contributed by atoms with Crippen molar-refractivity contribution in [3.05, 3.63) is 65.4 Å². The summed E-state index contributed by atoms with van der Waals surface area (Å²) in [5, 5.41) is 4.41. The Balaban J connectivity index is 1.34. The number of piperidine rings is 1. The van der Waals surface area contributed by atoms with E-state index in [-0.39, 0.29) is 5.91 Å². The molecule has 0 aliphatic carbocycles. The Labute approximate surface area is 160 Å². The highest BCUT2D eigenvalue weighted by atomic mass is 16.2. The van der Waals surface area contributed by atoms with Crippen LogP contribution in [0.5, 0.6) is 0 Å². The second-order valence-corrected chi connectivity index (χ2v) is 7.64. The van der Waals surface area contributed by atoms with Crippen LogP contribution in [-0.4, -0.2) is 35.4 Å². The molecule has 0 radical (unpaired) electrons. The quantitative estimate of drug-likeness (QED) is 0.713. The molecule has 1 aliphatic heterocycles. The normalized spacial score (nSPS) is 15.9. The van der Waals surface area contributed by atoms with Gasteiger partial charge < -0.3 is 10.3 Å². The number of benzene rings is 2. The predicted molar refractivity (Wildman–Crippen MR) is 111 cm³/mol. The number of nitrogens with one attached hydrogen (secondary N) is 2. The predicted octanol–water partition coefficient (Wildman–Crippen LogP) is 4.60. The number of anilines is 1. The molecule has 1 saturated heterocycles. The van der Waals surface area contributed by atoms with E-state index in [4.69, 9.17) is 0 Å². The number of hydrogen-bond donors (Lipinski definition) is 2. The smallest absolute Gasteiger partial charge is 0.238 e. The van der Waals surface area contributed by atoms with Gasteiger partial charge in [0.2, 0.25) is 5.91 Å². The van der Waals surface area contributed by atoms with Crippen molar-refractivity contribution >= 4 is 22.5 Å². The Bertz CT molecular complexity index is 951. The molecule has 2 N–H and O–H groups in total. The summed E-state index contributed by atoms with van der Waals surface area (Å²) >= 11 is 0. The first-order chi connectivity index (χ1) is 13.1. The maximum atomic E-state index is 12.5. The van der Waals surface area contributed by atoms with Gasteiger partial charge in [-0.2, -0.15) is 0 Å². The Morgan fingerprint density at radius 1 is 1.11 bits per heavy atom. The van der Waals surface area contributed by atoms with E-state index in [1.165, 1.54) is 22.0 Å². The topological polar surface area (TPSA) is 48.1 Å². The van der Waals surface area contributed by atoms with E-state index in [1.807, 2.05) is 12.1 Å². The van der Waals surface area contributed by atoms with Crippen molar-refractivity contribution in [1.82, 2.24) is 9.88 Å². The lowest BCUT2D eigenvalue weighted by atomic mass is 9.89. The average molecular weight is 361 g/mol. The molecule has 1 aromatic heterocycles. The number of hydrogen-bond acceptors (Lipinski definition) is 2. The molecule has 0 atom stereocenters. The number of amides is 1. The number of fused-ring (bicyclic) bond motifs is 1. The molecular weight excluding hydrogens is 334 g/mol. The van der Waals surface area contributed by atoms with Gasteiger partial charge in [0.25, 0.3) is 0 Å². The van der Waals surface area contributed by atoms with Gasteiger partial charge in [-0.3, -0.25) is 9.69 Å². The van der Waals surface area contributed by atoms with Crippen molar-refractivity contribution in [2.75, 3.05) is 25.0 Å². The molecular formula is C23H27N3O. The van der Waals surface area contributed by atoms with Gasteiger partial charge in [-0.1, -0.05) is 30.3 Å². The molecule has 0 saturated carbocycles. The summed E-state index contributed by atoms with van der Waals surface area (Å²) in [6.07, 6.45) is 4.36. The summed E-state index contributed by atoms with van der Waals surface area (Å²) in [7, 11) is 0. The molecule has 3 aromatic rings. The van der Waals surface area contributed by atoms with E-state index in [0.717, 1.165) is 37.2 Å². The van der Waals surface area contributed by atoms with Crippen LogP contribution in [0.4, 0.5) is 5.69 Å². The number of aromatic nitrogens is 1. The third-order valence-corrected chi connectivity index (χ3v) is 5.89. The van der Waals surface area contributed by atoms with Crippen LogP contribution in [0.3, 0.4) is 0 Å². The standard InChI is InChI=1S/C23H27N3O/c1-16-6-5-9-21(17(16)2)25-23(27)15-26-12-10-18(11-13-26)20-14-24-22-8-4-3-7-19(20)22/h3-9,14,18,24H,10-13,15H2,1-2H3,(H,25,27). The summed E-state index contributed by atoms with van der Waals surface area (Å²) in [6.45, 7) is 6.51. The van der Waals surface area contributed by atoms with Crippen molar-refractivity contribution < 1.29 is 4.79 Å². The Hall–Kier alpha value is -2.59. The number of carbonyl (C=O) groups excluding carboxylic acids is 1. The minimum absolute atomic E-state index is 0.0780. The monoisotopic (exact) mass is 361 g/mol. The fourth-order valence-electron chi connectivity index (χ4n) is 4.11. The molecule has 1 amide bonds. The first-order valence-electron chi connectivity index (χ1n) is 9.76. The molecule has 140 valence electrons. The number of para-hydroxylation sites is 1. The van der Waals surface area contributed by atoms with Gasteiger partial charge in [-0.25, -0.2) is 0 Å². The zero-order valence-corrected chi connectivity index (χ0v) is 16.1. The third kappa shape index (κ3) is 3.76. The molecule has 2 heterocycles. The lowest BCUT2D eigenvalue weighted by Gasteiger charge is -2.31. The molecule has 4 heteroatoms. The molecule has 0 unspecified atom stereocenters. The second kappa shape index (κ2) is 7.57. The molecule has 1 aliphatic rings. The molecule has 4 nitrogen and oxygen atoms in total. The fraction of sp³-hybridized carbons (Fsp3) is 0.348. The number of likely N-dealkylation sites (tertiary alicyclic amines) is 1. The molecule has 0 bridgehead atoms. The van der Waals surface area contributed by atoms with Gasteiger partial charge >= 0.3 is 0 Å². The second-order valence-electron chi connectivity index (χ2n) is 7.64. The van der Waals surface area contributed by atoms with Gasteiger partial charge in [-0.05, 0) is 74.5 Å². The van der Waals surface area contributed by atoms with Gasteiger partial charge in [0.1, 0.15) is 0 Å². The van der Waals surface area contributed by atoms with Crippen molar-refractivity contribution in [2.45, 2.75) is 32.6 Å².